The molecule has 0 aliphatic heterocycles. The van der Waals surface area contributed by atoms with Gasteiger partial charge in [0.2, 0.25) is 5.91 Å². The van der Waals surface area contributed by atoms with Crippen LogP contribution in [0.3, 0.4) is 0 Å². The van der Waals surface area contributed by atoms with Crippen molar-refractivity contribution in [1.82, 2.24) is 14.5 Å². The van der Waals surface area contributed by atoms with Crippen LogP contribution in [-0.2, 0) is 11.2 Å². The van der Waals surface area contributed by atoms with Crippen molar-refractivity contribution in [3.05, 3.63) is 90.5 Å². The van der Waals surface area contributed by atoms with Crippen molar-refractivity contribution in [3.63, 3.8) is 0 Å². The predicted molar refractivity (Wildman–Crippen MR) is 119 cm³/mol. The zero-order valence-electron chi connectivity index (χ0n) is 17.4. The molecule has 0 spiro atoms. The Morgan fingerprint density at radius 3 is 2.52 bits per heavy atom. The molecule has 0 fully saturated rings. The van der Waals surface area contributed by atoms with Crippen molar-refractivity contribution in [2.75, 3.05) is 20.2 Å². The maximum Gasteiger partial charge on any atom is 0.222 e. The fourth-order valence-corrected chi connectivity index (χ4v) is 3.50. The van der Waals surface area contributed by atoms with Gasteiger partial charge in [0, 0.05) is 25.6 Å². The van der Waals surface area contributed by atoms with Gasteiger partial charge in [-0.25, -0.2) is 9.37 Å². The summed E-state index contributed by atoms with van der Waals surface area (Å²) in [5, 5.41) is 0. The highest BCUT2D eigenvalue weighted by Crippen LogP contribution is 2.22. The number of carbonyl (C=O) groups excluding carboxylic acids is 1. The largest absolute Gasteiger partial charge is 0.489 e. The maximum atomic E-state index is 13.6. The smallest absolute Gasteiger partial charge is 0.222 e. The van der Waals surface area contributed by atoms with E-state index in [1.165, 1.54) is 6.07 Å². The molecule has 0 unspecified atom stereocenters. The number of ether oxygens (including phenoxy) is 1. The molecule has 0 saturated carbocycles. The van der Waals surface area contributed by atoms with Gasteiger partial charge in [0.15, 0.2) is 11.6 Å². The van der Waals surface area contributed by atoms with Gasteiger partial charge >= 0.3 is 0 Å². The molecule has 3 aromatic carbocycles. The zero-order valence-corrected chi connectivity index (χ0v) is 17.4. The number of likely N-dealkylation sites (N-methyl/N-ethyl adjacent to an activating group) is 1. The van der Waals surface area contributed by atoms with Gasteiger partial charge in [-0.05, 0) is 36.4 Å². The number of aromatic nitrogens is 2. The number of nitrogens with zero attached hydrogens (tertiary/aromatic N) is 3. The van der Waals surface area contributed by atoms with Crippen LogP contribution in [0.2, 0.25) is 0 Å². The fourth-order valence-electron chi connectivity index (χ4n) is 3.50. The van der Waals surface area contributed by atoms with Crippen LogP contribution >= 0.6 is 0 Å². The van der Waals surface area contributed by atoms with Gasteiger partial charge in [0.25, 0.3) is 0 Å². The Morgan fingerprint density at radius 2 is 1.71 bits per heavy atom. The van der Waals surface area contributed by atoms with Gasteiger partial charge < -0.3 is 9.64 Å². The van der Waals surface area contributed by atoms with E-state index in [4.69, 9.17) is 9.72 Å². The monoisotopic (exact) mass is 417 g/mol. The number of amides is 1. The Bertz CT molecular complexity index is 1170. The van der Waals surface area contributed by atoms with Gasteiger partial charge in [0.05, 0.1) is 17.6 Å². The first-order valence-corrected chi connectivity index (χ1v) is 10.3. The van der Waals surface area contributed by atoms with Crippen LogP contribution in [0.15, 0.2) is 78.9 Å². The van der Waals surface area contributed by atoms with Gasteiger partial charge in [0.1, 0.15) is 12.4 Å². The van der Waals surface area contributed by atoms with Gasteiger partial charge in [-0.2, -0.15) is 0 Å². The van der Waals surface area contributed by atoms with Crippen molar-refractivity contribution in [2.45, 2.75) is 12.8 Å². The zero-order chi connectivity index (χ0) is 21.6. The lowest BCUT2D eigenvalue weighted by Gasteiger charge is -2.18. The quantitative estimate of drug-likeness (QED) is 0.420. The summed E-state index contributed by atoms with van der Waals surface area (Å²) in [5.74, 6) is 0.622. The van der Waals surface area contributed by atoms with Crippen molar-refractivity contribution in [1.29, 1.82) is 0 Å². The molecule has 158 valence electrons. The molecule has 4 rings (SSSR count). The molecule has 0 atom stereocenters. The Balaban J connectivity index is 1.40. The van der Waals surface area contributed by atoms with E-state index in [2.05, 4.69) is 4.57 Å². The molecule has 1 amide bonds. The first-order valence-electron chi connectivity index (χ1n) is 10.3. The summed E-state index contributed by atoms with van der Waals surface area (Å²) in [6.07, 6.45) is 0.841. The fraction of sp³-hybridized carbons (Fsp3) is 0.200. The molecule has 1 heterocycles. The molecular weight excluding hydrogens is 393 g/mol. The van der Waals surface area contributed by atoms with E-state index < -0.39 is 5.82 Å². The summed E-state index contributed by atoms with van der Waals surface area (Å²) < 4.78 is 21.2. The molecule has 0 bridgehead atoms. The van der Waals surface area contributed by atoms with E-state index in [9.17, 15) is 9.18 Å². The normalized spacial score (nSPS) is 10.9. The highest BCUT2D eigenvalue weighted by molar-refractivity contribution is 5.79. The number of hydrogen-bond donors (Lipinski definition) is 0. The molecule has 0 aliphatic rings. The third-order valence-electron chi connectivity index (χ3n) is 5.15. The summed E-state index contributed by atoms with van der Waals surface area (Å²) in [4.78, 5) is 19.0. The summed E-state index contributed by atoms with van der Waals surface area (Å²) >= 11 is 0. The van der Waals surface area contributed by atoms with Crippen LogP contribution in [0.1, 0.15) is 12.2 Å². The number of aryl methyl sites for hydroxylation is 1. The molecule has 4 aromatic rings. The topological polar surface area (TPSA) is 47.4 Å². The molecular formula is C25H24FN3O2. The SMILES string of the molecule is CN(CCOc1ccccc1F)C(=O)CCc1nc2ccccc2n1-c1ccccc1. The summed E-state index contributed by atoms with van der Waals surface area (Å²) in [6, 6.07) is 24.2. The second-order valence-electron chi connectivity index (χ2n) is 7.28. The lowest BCUT2D eigenvalue weighted by Crippen LogP contribution is -2.31. The molecule has 1 aromatic heterocycles. The minimum atomic E-state index is -0.406. The Hall–Kier alpha value is -3.67. The predicted octanol–water partition coefficient (Wildman–Crippen LogP) is 4.63. The number of rotatable bonds is 8. The van der Waals surface area contributed by atoms with E-state index in [1.807, 2.05) is 54.6 Å². The average Bonchev–Trinajstić information content (AvgIpc) is 3.17. The Kier molecular flexibility index (Phi) is 6.26. The van der Waals surface area contributed by atoms with E-state index in [1.54, 1.807) is 30.1 Å². The minimum Gasteiger partial charge on any atom is -0.489 e. The lowest BCUT2D eigenvalue weighted by atomic mass is 10.2. The lowest BCUT2D eigenvalue weighted by molar-refractivity contribution is -0.130. The molecule has 0 aliphatic carbocycles. The number of hydrogen-bond acceptors (Lipinski definition) is 3. The Labute approximate surface area is 180 Å². The van der Waals surface area contributed by atoms with Gasteiger partial charge in [-0.3, -0.25) is 9.36 Å². The van der Waals surface area contributed by atoms with Crippen LogP contribution < -0.4 is 4.74 Å². The first kappa shape index (κ1) is 20.6. The van der Waals surface area contributed by atoms with Crippen LogP contribution in [0.4, 0.5) is 4.39 Å². The van der Waals surface area contributed by atoms with Crippen LogP contribution in [-0.4, -0.2) is 40.6 Å². The first-order chi connectivity index (χ1) is 15.1. The number of fused-ring (bicyclic) bond motifs is 1. The minimum absolute atomic E-state index is 0.0104. The van der Waals surface area contributed by atoms with E-state index >= 15 is 0 Å². The Morgan fingerprint density at radius 1 is 1.00 bits per heavy atom. The number of benzene rings is 3. The highest BCUT2D eigenvalue weighted by Gasteiger charge is 2.15. The van der Waals surface area contributed by atoms with Gasteiger partial charge in [-0.15, -0.1) is 0 Å². The number of halogens is 1. The summed E-state index contributed by atoms with van der Waals surface area (Å²) in [5.41, 5.74) is 2.94. The van der Waals surface area contributed by atoms with E-state index in [0.717, 1.165) is 22.5 Å². The standard InChI is InChI=1S/C25H24FN3O2/c1-28(17-18-31-23-14-8-5-11-20(23)26)25(30)16-15-24-27-21-12-6-7-13-22(21)29(24)19-9-3-2-4-10-19/h2-14H,15-18H2,1H3. The number of imidazole rings is 1. The molecule has 0 N–H and O–H groups in total. The second kappa shape index (κ2) is 9.43. The third-order valence-corrected chi connectivity index (χ3v) is 5.15. The maximum absolute atomic E-state index is 13.6. The van der Waals surface area contributed by atoms with Crippen molar-refractivity contribution < 1.29 is 13.9 Å². The van der Waals surface area contributed by atoms with Gasteiger partial charge in [-0.1, -0.05) is 42.5 Å². The van der Waals surface area contributed by atoms with Crippen LogP contribution in [0, 0.1) is 5.82 Å². The number of carbonyl (C=O) groups is 1. The van der Waals surface area contributed by atoms with Crippen LogP contribution in [0.5, 0.6) is 5.75 Å². The van der Waals surface area contributed by atoms with Crippen molar-refractivity contribution >= 4 is 16.9 Å². The third kappa shape index (κ3) is 4.74. The second-order valence-corrected chi connectivity index (χ2v) is 7.28. The summed E-state index contributed by atoms with van der Waals surface area (Å²) in [6.45, 7) is 0.605. The van der Waals surface area contributed by atoms with E-state index in [0.29, 0.717) is 19.4 Å². The number of para-hydroxylation sites is 4. The average molecular weight is 417 g/mol. The molecule has 5 nitrogen and oxygen atoms in total. The van der Waals surface area contributed by atoms with Crippen LogP contribution in [0.25, 0.3) is 16.7 Å². The molecule has 0 radical (unpaired) electrons. The van der Waals surface area contributed by atoms with Crippen molar-refractivity contribution in [3.8, 4) is 11.4 Å². The van der Waals surface area contributed by atoms with E-state index in [-0.39, 0.29) is 18.3 Å². The molecule has 6 heteroatoms. The highest BCUT2D eigenvalue weighted by atomic mass is 19.1. The molecule has 0 saturated heterocycles. The molecule has 31 heavy (non-hydrogen) atoms. The summed E-state index contributed by atoms with van der Waals surface area (Å²) in [7, 11) is 1.73. The van der Waals surface area contributed by atoms with Crippen molar-refractivity contribution in [2.24, 2.45) is 0 Å².